The quantitative estimate of drug-likeness (QED) is 0.776. The van der Waals surface area contributed by atoms with E-state index >= 15 is 0 Å². The highest BCUT2D eigenvalue weighted by Crippen LogP contribution is 2.37. The first-order valence-electron chi connectivity index (χ1n) is 5.10. The van der Waals surface area contributed by atoms with Gasteiger partial charge < -0.3 is 10.6 Å². The van der Waals surface area contributed by atoms with Crippen LogP contribution in [0.2, 0.25) is 0 Å². The minimum absolute atomic E-state index is 0.462. The smallest absolute Gasteiger partial charge is 0.151 e. The maximum atomic E-state index is 5.86. The van der Waals surface area contributed by atoms with Gasteiger partial charge in [0.2, 0.25) is 0 Å². The first kappa shape index (κ1) is 9.31. The fourth-order valence-electron chi connectivity index (χ4n) is 1.92. The number of hydrogen-bond donors (Lipinski definition) is 1. The fraction of sp³-hybridized carbons (Fsp3) is 0.545. The van der Waals surface area contributed by atoms with Crippen LogP contribution in [0.15, 0.2) is 18.3 Å². The predicted molar refractivity (Wildman–Crippen MR) is 59.3 cm³/mol. The van der Waals surface area contributed by atoms with E-state index in [1.165, 1.54) is 6.42 Å². The number of pyridine rings is 1. The van der Waals surface area contributed by atoms with Crippen LogP contribution < -0.4 is 10.6 Å². The molecule has 0 aromatic carbocycles. The van der Waals surface area contributed by atoms with Crippen LogP contribution in [0.5, 0.6) is 0 Å². The molecule has 76 valence electrons. The second-order valence-electron chi connectivity index (χ2n) is 4.44. The van der Waals surface area contributed by atoms with Gasteiger partial charge in [-0.15, -0.1) is 0 Å². The Labute approximate surface area is 84.9 Å². The summed E-state index contributed by atoms with van der Waals surface area (Å²) in [6.07, 6.45) is 3.02. The molecule has 0 amide bonds. The number of aromatic nitrogens is 1. The van der Waals surface area contributed by atoms with Crippen molar-refractivity contribution in [3.8, 4) is 0 Å². The second-order valence-corrected chi connectivity index (χ2v) is 4.44. The third kappa shape index (κ3) is 1.43. The van der Waals surface area contributed by atoms with Gasteiger partial charge in [0, 0.05) is 24.7 Å². The van der Waals surface area contributed by atoms with E-state index in [1.807, 2.05) is 12.1 Å². The maximum Gasteiger partial charge on any atom is 0.151 e. The van der Waals surface area contributed by atoms with E-state index in [1.54, 1.807) is 6.20 Å². The number of nitrogen functional groups attached to an aromatic ring is 1. The molecule has 0 unspecified atom stereocenters. The molecule has 1 saturated heterocycles. The Kier molecular flexibility index (Phi) is 2.10. The molecule has 0 aliphatic carbocycles. The SMILES string of the molecule is CCC1(C)CN(c2ncccc2N)C1. The molecule has 3 heteroatoms. The monoisotopic (exact) mass is 191 g/mol. The fourth-order valence-corrected chi connectivity index (χ4v) is 1.92. The molecule has 1 aliphatic rings. The van der Waals surface area contributed by atoms with Crippen LogP contribution in [0.3, 0.4) is 0 Å². The first-order valence-corrected chi connectivity index (χ1v) is 5.10. The third-order valence-electron chi connectivity index (χ3n) is 3.12. The normalized spacial score (nSPS) is 19.1. The van der Waals surface area contributed by atoms with Gasteiger partial charge in [-0.05, 0) is 18.6 Å². The van der Waals surface area contributed by atoms with Gasteiger partial charge in [-0.3, -0.25) is 0 Å². The van der Waals surface area contributed by atoms with Gasteiger partial charge in [0.05, 0.1) is 5.69 Å². The highest BCUT2D eigenvalue weighted by molar-refractivity contribution is 5.63. The van der Waals surface area contributed by atoms with Crippen LogP contribution in [0.25, 0.3) is 0 Å². The van der Waals surface area contributed by atoms with Crippen molar-refractivity contribution in [3.05, 3.63) is 18.3 Å². The molecule has 2 rings (SSSR count). The molecule has 2 N–H and O–H groups in total. The molecule has 0 atom stereocenters. The molecular formula is C11H17N3. The van der Waals surface area contributed by atoms with E-state index in [2.05, 4.69) is 23.7 Å². The van der Waals surface area contributed by atoms with Gasteiger partial charge in [0.25, 0.3) is 0 Å². The van der Waals surface area contributed by atoms with Crippen LogP contribution >= 0.6 is 0 Å². The molecule has 1 aromatic rings. The summed E-state index contributed by atoms with van der Waals surface area (Å²) in [6.45, 7) is 6.69. The summed E-state index contributed by atoms with van der Waals surface area (Å²) in [5.74, 6) is 0.943. The van der Waals surface area contributed by atoms with E-state index in [9.17, 15) is 0 Å². The first-order chi connectivity index (χ1) is 6.64. The highest BCUT2D eigenvalue weighted by Gasteiger charge is 2.38. The summed E-state index contributed by atoms with van der Waals surface area (Å²) < 4.78 is 0. The Morgan fingerprint density at radius 2 is 2.29 bits per heavy atom. The Balaban J connectivity index is 2.10. The number of anilines is 2. The lowest BCUT2D eigenvalue weighted by Gasteiger charge is -2.48. The lowest BCUT2D eigenvalue weighted by atomic mass is 9.79. The minimum Gasteiger partial charge on any atom is -0.396 e. The lowest BCUT2D eigenvalue weighted by Crippen LogP contribution is -2.54. The Morgan fingerprint density at radius 1 is 1.57 bits per heavy atom. The molecule has 0 spiro atoms. The summed E-state index contributed by atoms with van der Waals surface area (Å²) in [5, 5.41) is 0. The van der Waals surface area contributed by atoms with Crippen molar-refractivity contribution in [1.29, 1.82) is 0 Å². The average molecular weight is 191 g/mol. The molecule has 1 aromatic heterocycles. The van der Waals surface area contributed by atoms with Crippen LogP contribution in [-0.2, 0) is 0 Å². The molecule has 1 aliphatic heterocycles. The molecule has 14 heavy (non-hydrogen) atoms. The van der Waals surface area contributed by atoms with Gasteiger partial charge >= 0.3 is 0 Å². The lowest BCUT2D eigenvalue weighted by molar-refractivity contribution is 0.232. The standard InChI is InChI=1S/C11H17N3/c1-3-11(2)7-14(8-11)10-9(12)5-4-6-13-10/h4-6H,3,7-8,12H2,1-2H3. The highest BCUT2D eigenvalue weighted by atomic mass is 15.3. The van der Waals surface area contributed by atoms with Gasteiger partial charge in [-0.2, -0.15) is 0 Å². The summed E-state index contributed by atoms with van der Waals surface area (Å²) >= 11 is 0. The molecule has 0 radical (unpaired) electrons. The molecule has 0 saturated carbocycles. The van der Waals surface area contributed by atoms with Gasteiger partial charge in [-0.25, -0.2) is 4.98 Å². The Morgan fingerprint density at radius 3 is 2.86 bits per heavy atom. The Bertz CT molecular complexity index is 329. The van der Waals surface area contributed by atoms with Crippen molar-refractivity contribution < 1.29 is 0 Å². The summed E-state index contributed by atoms with van der Waals surface area (Å²) in [7, 11) is 0. The number of rotatable bonds is 2. The molecule has 3 nitrogen and oxygen atoms in total. The number of nitrogens with zero attached hydrogens (tertiary/aromatic N) is 2. The average Bonchev–Trinajstić information content (AvgIpc) is 2.14. The maximum absolute atomic E-state index is 5.86. The topological polar surface area (TPSA) is 42.2 Å². The zero-order valence-corrected chi connectivity index (χ0v) is 8.83. The van der Waals surface area contributed by atoms with E-state index < -0.39 is 0 Å². The minimum atomic E-state index is 0.462. The molecule has 0 bridgehead atoms. The predicted octanol–water partition coefficient (Wildman–Crippen LogP) is 1.90. The summed E-state index contributed by atoms with van der Waals surface area (Å²) in [6, 6.07) is 3.78. The zero-order chi connectivity index (χ0) is 10.2. The van der Waals surface area contributed by atoms with Crippen LogP contribution in [0.4, 0.5) is 11.5 Å². The second kappa shape index (κ2) is 3.15. The van der Waals surface area contributed by atoms with Gasteiger partial charge in [0.1, 0.15) is 0 Å². The van der Waals surface area contributed by atoms with Crippen molar-refractivity contribution in [2.45, 2.75) is 20.3 Å². The number of nitrogens with two attached hydrogens (primary N) is 1. The number of hydrogen-bond acceptors (Lipinski definition) is 3. The van der Waals surface area contributed by atoms with Crippen molar-refractivity contribution in [1.82, 2.24) is 4.98 Å². The molecule has 1 fully saturated rings. The van der Waals surface area contributed by atoms with Crippen molar-refractivity contribution in [2.24, 2.45) is 5.41 Å². The van der Waals surface area contributed by atoms with Crippen molar-refractivity contribution in [3.63, 3.8) is 0 Å². The van der Waals surface area contributed by atoms with Crippen LogP contribution in [-0.4, -0.2) is 18.1 Å². The zero-order valence-electron chi connectivity index (χ0n) is 8.83. The molecule has 2 heterocycles. The molecular weight excluding hydrogens is 174 g/mol. The van der Waals surface area contributed by atoms with Crippen molar-refractivity contribution in [2.75, 3.05) is 23.7 Å². The summed E-state index contributed by atoms with van der Waals surface area (Å²) in [5.41, 5.74) is 7.10. The third-order valence-corrected chi connectivity index (χ3v) is 3.12. The summed E-state index contributed by atoms with van der Waals surface area (Å²) in [4.78, 5) is 6.55. The van der Waals surface area contributed by atoms with E-state index in [4.69, 9.17) is 5.73 Å². The van der Waals surface area contributed by atoms with Crippen molar-refractivity contribution >= 4 is 11.5 Å². The largest absolute Gasteiger partial charge is 0.396 e. The van der Waals surface area contributed by atoms with Crippen LogP contribution in [0, 0.1) is 5.41 Å². The van der Waals surface area contributed by atoms with Crippen LogP contribution in [0.1, 0.15) is 20.3 Å². The Hall–Kier alpha value is -1.25. The van der Waals surface area contributed by atoms with E-state index in [0.717, 1.165) is 24.6 Å². The van der Waals surface area contributed by atoms with E-state index in [0.29, 0.717) is 5.41 Å². The van der Waals surface area contributed by atoms with Gasteiger partial charge in [-0.1, -0.05) is 13.8 Å². The van der Waals surface area contributed by atoms with Gasteiger partial charge in [0.15, 0.2) is 5.82 Å². The van der Waals surface area contributed by atoms with E-state index in [-0.39, 0.29) is 0 Å².